The van der Waals surface area contributed by atoms with Gasteiger partial charge < -0.3 is 20.1 Å². The van der Waals surface area contributed by atoms with Gasteiger partial charge in [-0.2, -0.15) is 8.78 Å². The van der Waals surface area contributed by atoms with Crippen LogP contribution in [0, 0.1) is 6.92 Å². The van der Waals surface area contributed by atoms with Crippen LogP contribution < -0.4 is 20.1 Å². The van der Waals surface area contributed by atoms with Crippen molar-refractivity contribution in [3.8, 4) is 11.5 Å². The van der Waals surface area contributed by atoms with E-state index in [1.165, 1.54) is 29.2 Å². The van der Waals surface area contributed by atoms with Gasteiger partial charge in [0.25, 0.3) is 0 Å². The van der Waals surface area contributed by atoms with E-state index < -0.39 is 6.61 Å². The van der Waals surface area contributed by atoms with Crippen LogP contribution in [0.15, 0.2) is 46.3 Å². The van der Waals surface area contributed by atoms with Crippen LogP contribution in [0.1, 0.15) is 16.7 Å². The minimum atomic E-state index is -2.91. The molecular weight excluding hydrogens is 511 g/mol. The van der Waals surface area contributed by atoms with Gasteiger partial charge in [0.2, 0.25) is 0 Å². The molecule has 0 atom stereocenters. The predicted molar refractivity (Wildman–Crippen MR) is 125 cm³/mol. The molecule has 160 valence electrons. The third-order valence-electron chi connectivity index (χ3n) is 4.02. The van der Waals surface area contributed by atoms with Crippen LogP contribution in [-0.4, -0.2) is 33.0 Å². The molecule has 0 saturated carbocycles. The van der Waals surface area contributed by atoms with Crippen molar-refractivity contribution >= 4 is 41.7 Å². The van der Waals surface area contributed by atoms with Gasteiger partial charge in [-0.15, -0.1) is 35.7 Å². The molecule has 0 saturated heterocycles. The minimum Gasteiger partial charge on any atom is -0.493 e. The average molecular weight is 537 g/mol. The number of hydrogen-bond acceptors (Lipinski definition) is 4. The van der Waals surface area contributed by atoms with Crippen molar-refractivity contribution in [3.05, 3.63) is 53.1 Å². The van der Waals surface area contributed by atoms with Crippen molar-refractivity contribution in [2.24, 2.45) is 4.99 Å². The summed E-state index contributed by atoms with van der Waals surface area (Å²) in [7, 11) is 3.09. The molecule has 0 fully saturated rings. The van der Waals surface area contributed by atoms with E-state index in [9.17, 15) is 8.78 Å². The summed E-state index contributed by atoms with van der Waals surface area (Å²) in [5.74, 6) is 0.874. The summed E-state index contributed by atoms with van der Waals surface area (Å²) in [4.78, 5) is 5.42. The maximum atomic E-state index is 12.6. The fraction of sp³-hybridized carbons (Fsp3) is 0.350. The summed E-state index contributed by atoms with van der Waals surface area (Å²) in [5.41, 5.74) is 3.16. The smallest absolute Gasteiger partial charge is 0.387 e. The fourth-order valence-electron chi connectivity index (χ4n) is 2.60. The van der Waals surface area contributed by atoms with Crippen LogP contribution in [0.4, 0.5) is 8.78 Å². The molecule has 0 heterocycles. The van der Waals surface area contributed by atoms with Crippen LogP contribution in [-0.2, 0) is 13.1 Å². The van der Waals surface area contributed by atoms with Crippen molar-refractivity contribution in [2.45, 2.75) is 31.5 Å². The molecule has 0 bridgehead atoms. The number of ether oxygens (including phenoxy) is 2. The third-order valence-corrected chi connectivity index (χ3v) is 4.84. The molecule has 2 aromatic carbocycles. The predicted octanol–water partition coefficient (Wildman–Crippen LogP) is 4.81. The molecular formula is C20H26F2IN3O2S. The largest absolute Gasteiger partial charge is 0.493 e. The van der Waals surface area contributed by atoms with Gasteiger partial charge in [0.1, 0.15) is 0 Å². The van der Waals surface area contributed by atoms with E-state index in [0.717, 1.165) is 5.56 Å². The molecule has 29 heavy (non-hydrogen) atoms. The second-order valence-corrected chi connectivity index (χ2v) is 6.81. The van der Waals surface area contributed by atoms with Crippen LogP contribution in [0.5, 0.6) is 11.5 Å². The highest BCUT2D eigenvalue weighted by Gasteiger charge is 2.11. The topological polar surface area (TPSA) is 54.9 Å². The van der Waals surface area contributed by atoms with Crippen molar-refractivity contribution in [2.75, 3.05) is 20.4 Å². The van der Waals surface area contributed by atoms with Gasteiger partial charge in [-0.3, -0.25) is 4.99 Å². The number of nitrogens with zero attached hydrogens (tertiary/aromatic N) is 1. The molecule has 0 aromatic heterocycles. The monoisotopic (exact) mass is 537 g/mol. The Balaban J connectivity index is 0.00000420. The van der Waals surface area contributed by atoms with Gasteiger partial charge in [0.05, 0.1) is 7.11 Å². The standard InChI is InChI=1S/C20H25F2N3O2S.HI/c1-13-5-7-15(18(9-13)28-4)12-25-20(23-2)24-11-14-6-8-16(26-3)17(10-14)27-19(21)22;/h5-10,19H,11-12H2,1-4H3,(H2,23,24,25);1H. The van der Waals surface area contributed by atoms with Gasteiger partial charge in [0, 0.05) is 25.0 Å². The molecule has 0 amide bonds. The highest BCUT2D eigenvalue weighted by Crippen LogP contribution is 2.29. The maximum absolute atomic E-state index is 12.6. The SMILES string of the molecule is CN=C(NCc1ccc(OC)c(OC(F)F)c1)NCc1ccc(C)cc1SC.I. The Morgan fingerprint density at radius 2 is 1.83 bits per heavy atom. The van der Waals surface area contributed by atoms with Crippen LogP contribution >= 0.6 is 35.7 Å². The Hall–Kier alpha value is -1.75. The van der Waals surface area contributed by atoms with E-state index in [4.69, 9.17) is 4.74 Å². The molecule has 2 aromatic rings. The second-order valence-electron chi connectivity index (χ2n) is 5.96. The summed E-state index contributed by atoms with van der Waals surface area (Å²) in [6.45, 7) is 0.176. The first-order valence-corrected chi connectivity index (χ1v) is 9.89. The van der Waals surface area contributed by atoms with Crippen molar-refractivity contribution < 1.29 is 18.3 Å². The van der Waals surface area contributed by atoms with E-state index in [1.807, 2.05) is 6.26 Å². The molecule has 2 rings (SSSR count). The lowest BCUT2D eigenvalue weighted by Crippen LogP contribution is -2.36. The Morgan fingerprint density at radius 1 is 1.10 bits per heavy atom. The van der Waals surface area contributed by atoms with E-state index in [0.29, 0.717) is 19.0 Å². The second kappa shape index (κ2) is 12.7. The van der Waals surface area contributed by atoms with Crippen molar-refractivity contribution in [1.29, 1.82) is 0 Å². The van der Waals surface area contributed by atoms with Crippen molar-refractivity contribution in [1.82, 2.24) is 10.6 Å². The molecule has 0 aliphatic heterocycles. The number of halogens is 3. The lowest BCUT2D eigenvalue weighted by atomic mass is 10.1. The summed E-state index contributed by atoms with van der Waals surface area (Å²) in [6.07, 6.45) is 2.05. The van der Waals surface area contributed by atoms with Gasteiger partial charge >= 0.3 is 6.61 Å². The van der Waals surface area contributed by atoms with Gasteiger partial charge in [-0.1, -0.05) is 18.2 Å². The van der Waals surface area contributed by atoms with E-state index in [-0.39, 0.29) is 35.5 Å². The third kappa shape index (κ3) is 7.88. The zero-order chi connectivity index (χ0) is 20.5. The number of nitrogens with one attached hydrogen (secondary N) is 2. The Labute approximate surface area is 191 Å². The Bertz CT molecular complexity index is 822. The quantitative estimate of drug-likeness (QED) is 0.219. The molecule has 0 aliphatic carbocycles. The minimum absolute atomic E-state index is 0. The van der Waals surface area contributed by atoms with Crippen LogP contribution in [0.2, 0.25) is 0 Å². The van der Waals surface area contributed by atoms with Gasteiger partial charge in [0.15, 0.2) is 17.5 Å². The molecule has 2 N–H and O–H groups in total. The Kier molecular flexibility index (Phi) is 11.1. The van der Waals surface area contributed by atoms with Crippen molar-refractivity contribution in [3.63, 3.8) is 0 Å². The van der Waals surface area contributed by atoms with E-state index >= 15 is 0 Å². The molecule has 0 unspecified atom stereocenters. The molecule has 0 aliphatic rings. The summed E-state index contributed by atoms with van der Waals surface area (Å²) >= 11 is 1.70. The Morgan fingerprint density at radius 3 is 2.45 bits per heavy atom. The first-order chi connectivity index (χ1) is 13.5. The lowest BCUT2D eigenvalue weighted by molar-refractivity contribution is -0.0512. The number of rotatable bonds is 8. The van der Waals surface area contributed by atoms with E-state index in [2.05, 4.69) is 45.5 Å². The fourth-order valence-corrected chi connectivity index (χ4v) is 3.31. The van der Waals surface area contributed by atoms with Crippen LogP contribution in [0.3, 0.4) is 0 Å². The number of benzene rings is 2. The first-order valence-electron chi connectivity index (χ1n) is 8.66. The molecule has 5 nitrogen and oxygen atoms in total. The highest BCUT2D eigenvalue weighted by molar-refractivity contribution is 14.0. The van der Waals surface area contributed by atoms with Gasteiger partial charge in [-0.25, -0.2) is 0 Å². The molecule has 0 radical (unpaired) electrons. The van der Waals surface area contributed by atoms with E-state index in [1.54, 1.807) is 30.9 Å². The summed E-state index contributed by atoms with van der Waals surface area (Å²) in [6, 6.07) is 11.2. The maximum Gasteiger partial charge on any atom is 0.387 e. The molecule has 0 spiro atoms. The average Bonchev–Trinajstić information content (AvgIpc) is 2.68. The summed E-state index contributed by atoms with van der Waals surface area (Å²) in [5, 5.41) is 6.44. The number of methoxy groups -OCH3 is 1. The number of guanidine groups is 1. The molecule has 9 heteroatoms. The van der Waals surface area contributed by atoms with Gasteiger partial charge in [-0.05, 0) is 48.1 Å². The number of thioether (sulfide) groups is 1. The summed E-state index contributed by atoms with van der Waals surface area (Å²) < 4.78 is 34.7. The highest BCUT2D eigenvalue weighted by atomic mass is 127. The lowest BCUT2D eigenvalue weighted by Gasteiger charge is -2.15. The van der Waals surface area contributed by atoms with Crippen LogP contribution in [0.25, 0.3) is 0 Å². The first kappa shape index (κ1) is 25.3. The number of hydrogen-bond donors (Lipinski definition) is 2. The zero-order valence-corrected chi connectivity index (χ0v) is 19.9. The number of alkyl halides is 2. The number of aliphatic imine (C=N–C) groups is 1. The zero-order valence-electron chi connectivity index (χ0n) is 16.8. The normalized spacial score (nSPS) is 11.1. The number of aryl methyl sites for hydroxylation is 1.